The van der Waals surface area contributed by atoms with Crippen molar-refractivity contribution in [2.45, 2.75) is 24.8 Å². The summed E-state index contributed by atoms with van der Waals surface area (Å²) < 4.78 is 39.8. The number of nitrogens with two attached hydrogens (primary N) is 1. The summed E-state index contributed by atoms with van der Waals surface area (Å²) in [6.45, 7) is 1.97. The van der Waals surface area contributed by atoms with Crippen LogP contribution in [-0.4, -0.2) is 8.42 Å². The van der Waals surface area contributed by atoms with E-state index >= 15 is 0 Å². The van der Waals surface area contributed by atoms with Gasteiger partial charge in [-0.15, -0.1) is 0 Å². The lowest BCUT2D eigenvalue weighted by Gasteiger charge is -2.09. The molecule has 0 heterocycles. The second-order valence-corrected chi connectivity index (χ2v) is 6.44. The Morgan fingerprint density at radius 1 is 1.19 bits per heavy atom. The molecule has 2 rings (SSSR count). The quantitative estimate of drug-likeness (QED) is 0.833. The lowest BCUT2D eigenvalue weighted by molar-refractivity contribution is 0.580. The molecule has 21 heavy (non-hydrogen) atoms. The van der Waals surface area contributed by atoms with Gasteiger partial charge in [0.05, 0.1) is 4.90 Å². The summed E-state index contributed by atoms with van der Waals surface area (Å²) >= 11 is 0. The maximum Gasteiger partial charge on any atom is 0.240 e. The van der Waals surface area contributed by atoms with Crippen LogP contribution in [0.5, 0.6) is 0 Å². The van der Waals surface area contributed by atoms with Gasteiger partial charge in [-0.05, 0) is 41.8 Å². The molecule has 0 fully saturated rings. The van der Waals surface area contributed by atoms with Gasteiger partial charge in [-0.25, -0.2) is 17.5 Å². The average Bonchev–Trinajstić information content (AvgIpc) is 2.45. The molecule has 0 aliphatic rings. The van der Waals surface area contributed by atoms with E-state index in [4.69, 9.17) is 5.73 Å². The van der Waals surface area contributed by atoms with Gasteiger partial charge in [0.1, 0.15) is 5.82 Å². The third kappa shape index (κ3) is 3.80. The van der Waals surface area contributed by atoms with Gasteiger partial charge in [-0.2, -0.15) is 0 Å². The van der Waals surface area contributed by atoms with E-state index in [1.807, 2.05) is 6.92 Å². The van der Waals surface area contributed by atoms with Gasteiger partial charge in [-0.3, -0.25) is 0 Å². The van der Waals surface area contributed by atoms with E-state index in [2.05, 4.69) is 4.72 Å². The zero-order valence-corrected chi connectivity index (χ0v) is 12.5. The van der Waals surface area contributed by atoms with Crippen molar-refractivity contribution in [3.63, 3.8) is 0 Å². The first-order valence-electron chi connectivity index (χ1n) is 6.55. The lowest BCUT2D eigenvalue weighted by Crippen LogP contribution is -2.23. The molecule has 0 saturated heterocycles. The van der Waals surface area contributed by atoms with Crippen molar-refractivity contribution in [1.82, 2.24) is 4.72 Å². The Morgan fingerprint density at radius 3 is 2.57 bits per heavy atom. The van der Waals surface area contributed by atoms with Crippen LogP contribution in [0.1, 0.15) is 18.1 Å². The number of nitrogens with one attached hydrogen (secondary N) is 1. The fraction of sp³-hybridized carbons (Fsp3) is 0.200. The molecule has 0 spiro atoms. The van der Waals surface area contributed by atoms with Gasteiger partial charge in [0, 0.05) is 12.2 Å². The summed E-state index contributed by atoms with van der Waals surface area (Å²) in [5.74, 6) is -0.400. The van der Waals surface area contributed by atoms with E-state index in [9.17, 15) is 12.8 Å². The van der Waals surface area contributed by atoms with Crippen molar-refractivity contribution in [1.29, 1.82) is 0 Å². The van der Waals surface area contributed by atoms with Crippen LogP contribution in [0.15, 0.2) is 47.4 Å². The predicted octanol–water partition coefficient (Wildman–Crippen LogP) is 2.45. The fourth-order valence-electron chi connectivity index (χ4n) is 1.97. The van der Waals surface area contributed by atoms with Crippen molar-refractivity contribution < 1.29 is 12.8 Å². The number of anilines is 1. The van der Waals surface area contributed by atoms with Gasteiger partial charge in [-0.1, -0.05) is 25.1 Å². The summed E-state index contributed by atoms with van der Waals surface area (Å²) in [5, 5.41) is 0. The first kappa shape index (κ1) is 15.5. The SMILES string of the molecule is CCc1ccc(S(=O)(=O)NCc2cccc(F)c2)cc1N. The monoisotopic (exact) mass is 308 g/mol. The van der Waals surface area contributed by atoms with Crippen molar-refractivity contribution in [2.24, 2.45) is 0 Å². The predicted molar refractivity (Wildman–Crippen MR) is 80.7 cm³/mol. The minimum absolute atomic E-state index is 0.0233. The number of hydrogen-bond donors (Lipinski definition) is 2. The van der Waals surface area contributed by atoms with Crippen LogP contribution in [0.2, 0.25) is 0 Å². The Labute approximate surface area is 123 Å². The number of halogens is 1. The molecular formula is C15H17FN2O2S. The topological polar surface area (TPSA) is 72.2 Å². The molecule has 0 aliphatic carbocycles. The largest absolute Gasteiger partial charge is 0.398 e. The second-order valence-electron chi connectivity index (χ2n) is 4.67. The highest BCUT2D eigenvalue weighted by Crippen LogP contribution is 2.18. The molecule has 0 atom stereocenters. The van der Waals surface area contributed by atoms with Crippen LogP contribution >= 0.6 is 0 Å². The Bertz CT molecular complexity index is 745. The zero-order chi connectivity index (χ0) is 15.5. The second kappa shape index (κ2) is 6.24. The Morgan fingerprint density at radius 2 is 1.95 bits per heavy atom. The van der Waals surface area contributed by atoms with Crippen molar-refractivity contribution in [3.8, 4) is 0 Å². The number of benzene rings is 2. The van der Waals surface area contributed by atoms with Gasteiger partial charge >= 0.3 is 0 Å². The molecule has 112 valence electrons. The molecule has 2 aromatic carbocycles. The molecular weight excluding hydrogens is 291 g/mol. The molecule has 0 aromatic heterocycles. The van der Waals surface area contributed by atoms with Gasteiger partial charge in [0.2, 0.25) is 10.0 Å². The van der Waals surface area contributed by atoms with E-state index in [1.165, 1.54) is 30.3 Å². The molecule has 4 nitrogen and oxygen atoms in total. The van der Waals surface area contributed by atoms with Crippen molar-refractivity contribution in [3.05, 3.63) is 59.4 Å². The maximum atomic E-state index is 13.1. The highest BCUT2D eigenvalue weighted by molar-refractivity contribution is 7.89. The third-order valence-electron chi connectivity index (χ3n) is 3.16. The zero-order valence-electron chi connectivity index (χ0n) is 11.6. The van der Waals surface area contributed by atoms with E-state index in [0.29, 0.717) is 11.3 Å². The summed E-state index contributed by atoms with van der Waals surface area (Å²) in [6, 6.07) is 10.4. The Balaban J connectivity index is 2.17. The number of sulfonamides is 1. The van der Waals surface area contributed by atoms with E-state index < -0.39 is 15.8 Å². The molecule has 3 N–H and O–H groups in total. The van der Waals surface area contributed by atoms with Crippen LogP contribution in [0.25, 0.3) is 0 Å². The molecule has 2 aromatic rings. The fourth-order valence-corrected chi connectivity index (χ4v) is 3.02. The minimum Gasteiger partial charge on any atom is -0.398 e. The van der Waals surface area contributed by atoms with E-state index in [0.717, 1.165) is 12.0 Å². The highest BCUT2D eigenvalue weighted by atomic mass is 32.2. The first-order chi connectivity index (χ1) is 9.92. The number of nitrogen functional groups attached to an aromatic ring is 1. The van der Waals surface area contributed by atoms with Crippen LogP contribution in [0, 0.1) is 5.82 Å². The first-order valence-corrected chi connectivity index (χ1v) is 8.03. The summed E-state index contributed by atoms with van der Waals surface area (Å²) in [6.07, 6.45) is 0.739. The lowest BCUT2D eigenvalue weighted by atomic mass is 10.1. The minimum atomic E-state index is -3.67. The standard InChI is InChI=1S/C15H17FN2O2S/c1-2-12-6-7-14(9-15(12)17)21(19,20)18-10-11-4-3-5-13(16)8-11/h3-9,18H,2,10,17H2,1H3. The Hall–Kier alpha value is -1.92. The number of aryl methyl sites for hydroxylation is 1. The van der Waals surface area contributed by atoms with Crippen molar-refractivity contribution >= 4 is 15.7 Å². The van der Waals surface area contributed by atoms with Crippen molar-refractivity contribution in [2.75, 3.05) is 5.73 Å². The summed E-state index contributed by atoms with van der Waals surface area (Å²) in [7, 11) is -3.67. The van der Waals surface area contributed by atoms with Gasteiger partial charge in [0.25, 0.3) is 0 Å². The molecule has 6 heteroatoms. The van der Waals surface area contributed by atoms with Crippen LogP contribution in [0.3, 0.4) is 0 Å². The normalized spacial score (nSPS) is 11.5. The summed E-state index contributed by atoms with van der Waals surface area (Å²) in [4.78, 5) is 0.105. The molecule has 0 radical (unpaired) electrons. The van der Waals surface area contributed by atoms with E-state index in [-0.39, 0.29) is 11.4 Å². The number of rotatable bonds is 5. The molecule has 0 aliphatic heterocycles. The maximum absolute atomic E-state index is 13.1. The van der Waals surface area contributed by atoms with Gasteiger partial charge < -0.3 is 5.73 Å². The molecule has 0 unspecified atom stereocenters. The van der Waals surface area contributed by atoms with Crippen LogP contribution in [0.4, 0.5) is 10.1 Å². The average molecular weight is 308 g/mol. The summed E-state index contributed by atoms with van der Waals surface area (Å²) in [5.41, 5.74) is 7.72. The van der Waals surface area contributed by atoms with E-state index in [1.54, 1.807) is 12.1 Å². The van der Waals surface area contributed by atoms with Gasteiger partial charge in [0.15, 0.2) is 0 Å². The number of hydrogen-bond acceptors (Lipinski definition) is 3. The van der Waals surface area contributed by atoms with Crippen LogP contribution < -0.4 is 10.5 Å². The molecule has 0 saturated carbocycles. The van der Waals surface area contributed by atoms with Crippen LogP contribution in [-0.2, 0) is 23.0 Å². The molecule has 0 bridgehead atoms. The molecule has 0 amide bonds. The smallest absolute Gasteiger partial charge is 0.240 e. The Kier molecular flexibility index (Phi) is 4.59. The third-order valence-corrected chi connectivity index (χ3v) is 4.56. The highest BCUT2D eigenvalue weighted by Gasteiger charge is 2.15.